The fourth-order valence-electron chi connectivity index (χ4n) is 4.19. The Labute approximate surface area is 161 Å². The zero-order chi connectivity index (χ0) is 18.5. The number of rotatable bonds is 7. The van der Waals surface area contributed by atoms with Gasteiger partial charge in [0.1, 0.15) is 5.75 Å². The second-order valence-electron chi connectivity index (χ2n) is 7.35. The van der Waals surface area contributed by atoms with E-state index in [1.165, 1.54) is 41.3 Å². The van der Waals surface area contributed by atoms with E-state index < -0.39 is 0 Å². The molecule has 3 nitrogen and oxygen atoms in total. The normalized spacial score (nSPS) is 19.4. The Kier molecular flexibility index (Phi) is 5.59. The van der Waals surface area contributed by atoms with Crippen molar-refractivity contribution in [1.29, 1.82) is 0 Å². The Morgan fingerprint density at radius 1 is 1.07 bits per heavy atom. The van der Waals surface area contributed by atoms with Crippen molar-refractivity contribution in [3.63, 3.8) is 0 Å². The average molecular weight is 361 g/mol. The van der Waals surface area contributed by atoms with Crippen LogP contribution in [0, 0.1) is 0 Å². The van der Waals surface area contributed by atoms with E-state index in [4.69, 9.17) is 4.74 Å². The van der Waals surface area contributed by atoms with E-state index >= 15 is 0 Å². The number of unbranched alkanes of at least 4 members (excludes halogenated alkanes) is 1. The maximum atomic E-state index is 5.41. The Balaban J connectivity index is 1.36. The van der Waals surface area contributed by atoms with E-state index in [-0.39, 0.29) is 0 Å². The minimum absolute atomic E-state index is 0.418. The number of aromatic nitrogens is 1. The number of benzene rings is 2. The van der Waals surface area contributed by atoms with E-state index in [1.807, 2.05) is 6.07 Å². The number of fused-ring (bicyclic) bond motifs is 1. The van der Waals surface area contributed by atoms with Gasteiger partial charge in [-0.2, -0.15) is 0 Å². The summed E-state index contributed by atoms with van der Waals surface area (Å²) in [4.78, 5) is 3.38. The molecule has 0 saturated carbocycles. The molecule has 3 heteroatoms. The number of ether oxygens (including phenoxy) is 1. The van der Waals surface area contributed by atoms with Crippen LogP contribution in [0.3, 0.4) is 0 Å². The summed E-state index contributed by atoms with van der Waals surface area (Å²) in [5.74, 6) is 1.35. The summed E-state index contributed by atoms with van der Waals surface area (Å²) in [5, 5.41) is 5.06. The van der Waals surface area contributed by atoms with Crippen molar-refractivity contribution in [1.82, 2.24) is 10.3 Å². The van der Waals surface area contributed by atoms with Gasteiger partial charge in [0.25, 0.3) is 0 Å². The number of aromatic amines is 1. The molecule has 27 heavy (non-hydrogen) atoms. The molecule has 4 rings (SSSR count). The van der Waals surface area contributed by atoms with Crippen molar-refractivity contribution in [2.75, 3.05) is 13.7 Å². The standard InChI is InChI=1S/C24H28N2O/c1-27-20-10-6-9-18(16-20)21-12-7-15-25-23(21)13-4-2-8-19-17-26-24-14-5-3-11-22(19)24/h3,5-7,9-12,14,16-17,21,23,25-26H,2,4,8,13,15H2,1H3. The highest BCUT2D eigenvalue weighted by Gasteiger charge is 2.22. The van der Waals surface area contributed by atoms with Crippen molar-refractivity contribution in [3.8, 4) is 5.75 Å². The first kappa shape index (κ1) is 17.9. The molecule has 2 aromatic carbocycles. The number of aryl methyl sites for hydroxylation is 1. The maximum absolute atomic E-state index is 5.41. The molecule has 0 fully saturated rings. The van der Waals surface area contributed by atoms with Crippen LogP contribution >= 0.6 is 0 Å². The molecule has 0 bridgehead atoms. The Morgan fingerprint density at radius 3 is 2.93 bits per heavy atom. The third-order valence-electron chi connectivity index (χ3n) is 5.64. The number of nitrogens with one attached hydrogen (secondary N) is 2. The lowest BCUT2D eigenvalue weighted by molar-refractivity contribution is 0.409. The van der Waals surface area contributed by atoms with Gasteiger partial charge in [0, 0.05) is 35.6 Å². The zero-order valence-corrected chi connectivity index (χ0v) is 15.9. The predicted molar refractivity (Wildman–Crippen MR) is 113 cm³/mol. The average Bonchev–Trinajstić information content (AvgIpc) is 3.15. The van der Waals surface area contributed by atoms with Crippen LogP contribution < -0.4 is 10.1 Å². The second kappa shape index (κ2) is 8.45. The zero-order valence-electron chi connectivity index (χ0n) is 15.9. The summed E-state index contributed by atoms with van der Waals surface area (Å²) in [6.07, 6.45) is 11.5. The number of hydrogen-bond acceptors (Lipinski definition) is 2. The number of hydrogen-bond donors (Lipinski definition) is 2. The van der Waals surface area contributed by atoms with Gasteiger partial charge >= 0.3 is 0 Å². The summed E-state index contributed by atoms with van der Waals surface area (Å²) in [6, 6.07) is 17.5. The highest BCUT2D eigenvalue weighted by Crippen LogP contribution is 2.29. The first-order valence-electron chi connectivity index (χ1n) is 9.94. The van der Waals surface area contributed by atoms with Crippen LogP contribution in [0.5, 0.6) is 5.75 Å². The number of H-pyrrole nitrogens is 1. The molecule has 0 aliphatic carbocycles. The van der Waals surface area contributed by atoms with Crippen LogP contribution in [0.25, 0.3) is 10.9 Å². The van der Waals surface area contributed by atoms with Crippen LogP contribution in [0.15, 0.2) is 66.9 Å². The molecular weight excluding hydrogens is 332 g/mol. The molecule has 3 aromatic rings. The molecule has 2 N–H and O–H groups in total. The van der Waals surface area contributed by atoms with Gasteiger partial charge in [-0.05, 0) is 48.6 Å². The number of para-hydroxylation sites is 1. The molecule has 0 saturated heterocycles. The van der Waals surface area contributed by atoms with Gasteiger partial charge in [0.2, 0.25) is 0 Å². The van der Waals surface area contributed by atoms with Gasteiger partial charge in [-0.1, -0.05) is 48.9 Å². The van der Waals surface area contributed by atoms with Gasteiger partial charge in [0.05, 0.1) is 7.11 Å². The van der Waals surface area contributed by atoms with E-state index in [0.29, 0.717) is 12.0 Å². The molecule has 1 aromatic heterocycles. The van der Waals surface area contributed by atoms with Crippen molar-refractivity contribution in [3.05, 3.63) is 78.0 Å². The van der Waals surface area contributed by atoms with Crippen molar-refractivity contribution < 1.29 is 4.74 Å². The fourth-order valence-corrected chi connectivity index (χ4v) is 4.19. The quantitative estimate of drug-likeness (QED) is 0.449. The van der Waals surface area contributed by atoms with Crippen molar-refractivity contribution in [2.24, 2.45) is 0 Å². The molecule has 2 atom stereocenters. The van der Waals surface area contributed by atoms with Crippen LogP contribution in [-0.4, -0.2) is 24.7 Å². The van der Waals surface area contributed by atoms with E-state index in [1.54, 1.807) is 7.11 Å². The van der Waals surface area contributed by atoms with Gasteiger partial charge in [-0.3, -0.25) is 0 Å². The van der Waals surface area contributed by atoms with Crippen molar-refractivity contribution >= 4 is 10.9 Å². The lowest BCUT2D eigenvalue weighted by atomic mass is 9.86. The van der Waals surface area contributed by atoms with Crippen LogP contribution in [0.2, 0.25) is 0 Å². The Hall–Kier alpha value is -2.52. The highest BCUT2D eigenvalue weighted by molar-refractivity contribution is 5.82. The van der Waals surface area contributed by atoms with Crippen LogP contribution in [0.1, 0.15) is 36.3 Å². The minimum atomic E-state index is 0.418. The maximum Gasteiger partial charge on any atom is 0.119 e. The van der Waals surface area contributed by atoms with Crippen LogP contribution in [0.4, 0.5) is 0 Å². The summed E-state index contributed by atoms with van der Waals surface area (Å²) >= 11 is 0. The first-order chi connectivity index (χ1) is 13.3. The predicted octanol–water partition coefficient (Wildman–Crippen LogP) is 5.20. The fraction of sp³-hybridized carbons (Fsp3) is 0.333. The molecular formula is C24H28N2O. The lowest BCUT2D eigenvalue weighted by Crippen LogP contribution is -2.37. The minimum Gasteiger partial charge on any atom is -0.497 e. The summed E-state index contributed by atoms with van der Waals surface area (Å²) < 4.78 is 5.41. The van der Waals surface area contributed by atoms with Crippen molar-refractivity contribution in [2.45, 2.75) is 37.6 Å². The lowest BCUT2D eigenvalue weighted by Gasteiger charge is -2.29. The second-order valence-corrected chi connectivity index (χ2v) is 7.35. The molecule has 1 aliphatic heterocycles. The van der Waals surface area contributed by atoms with E-state index in [9.17, 15) is 0 Å². The van der Waals surface area contributed by atoms with E-state index in [2.05, 4.69) is 71.1 Å². The monoisotopic (exact) mass is 360 g/mol. The third-order valence-corrected chi connectivity index (χ3v) is 5.64. The van der Waals surface area contributed by atoms with Gasteiger partial charge in [0.15, 0.2) is 0 Å². The Bertz CT molecular complexity index is 911. The Morgan fingerprint density at radius 2 is 2.00 bits per heavy atom. The summed E-state index contributed by atoms with van der Waals surface area (Å²) in [6.45, 7) is 0.966. The summed E-state index contributed by atoms with van der Waals surface area (Å²) in [5.41, 5.74) is 4.01. The largest absolute Gasteiger partial charge is 0.497 e. The summed E-state index contributed by atoms with van der Waals surface area (Å²) in [7, 11) is 1.73. The van der Waals surface area contributed by atoms with Gasteiger partial charge in [-0.15, -0.1) is 0 Å². The van der Waals surface area contributed by atoms with E-state index in [0.717, 1.165) is 18.7 Å². The first-order valence-corrected chi connectivity index (χ1v) is 9.94. The highest BCUT2D eigenvalue weighted by atomic mass is 16.5. The molecule has 0 amide bonds. The van der Waals surface area contributed by atoms with Gasteiger partial charge in [-0.25, -0.2) is 0 Å². The SMILES string of the molecule is COc1cccc(C2C=CCNC2CCCCc2c[nH]c3ccccc23)c1. The topological polar surface area (TPSA) is 37.0 Å². The smallest absolute Gasteiger partial charge is 0.119 e. The number of methoxy groups -OCH3 is 1. The molecule has 1 aliphatic rings. The third kappa shape index (κ3) is 4.09. The molecule has 0 spiro atoms. The molecule has 0 radical (unpaired) electrons. The molecule has 2 heterocycles. The van der Waals surface area contributed by atoms with Gasteiger partial charge < -0.3 is 15.0 Å². The molecule has 140 valence electrons. The van der Waals surface area contributed by atoms with Crippen LogP contribution in [-0.2, 0) is 6.42 Å². The molecule has 2 unspecified atom stereocenters.